The molecule has 7 heteroatoms. The predicted molar refractivity (Wildman–Crippen MR) is 128 cm³/mol. The quantitative estimate of drug-likeness (QED) is 0.404. The Bertz CT molecular complexity index is 1300. The molecule has 0 spiro atoms. The Labute approximate surface area is 197 Å². The molecule has 4 aromatic rings. The molecule has 6 nitrogen and oxygen atoms in total. The molecule has 0 amide bonds. The zero-order chi connectivity index (χ0) is 22.8. The van der Waals surface area contributed by atoms with E-state index in [4.69, 9.17) is 21.1 Å². The van der Waals surface area contributed by atoms with E-state index in [1.807, 2.05) is 86.5 Å². The number of fused-ring (bicyclic) bond motifs is 1. The van der Waals surface area contributed by atoms with Gasteiger partial charge in [-0.25, -0.2) is 4.52 Å². The van der Waals surface area contributed by atoms with Crippen LogP contribution in [0.25, 0.3) is 16.8 Å². The molecule has 0 saturated heterocycles. The summed E-state index contributed by atoms with van der Waals surface area (Å²) in [4.78, 5) is 13.5. The predicted octanol–water partition coefficient (Wildman–Crippen LogP) is 4.66. The molecule has 5 radical (unpaired) electrons. The van der Waals surface area contributed by atoms with E-state index in [-0.39, 0.29) is 5.56 Å². The summed E-state index contributed by atoms with van der Waals surface area (Å²) >= 11 is 6.08. The molecule has 165 valence electrons. The molecule has 2 aromatic carbocycles. The van der Waals surface area contributed by atoms with E-state index in [0.29, 0.717) is 29.4 Å². The van der Waals surface area contributed by atoms with Crippen LogP contribution in [0, 0.1) is 31.6 Å². The van der Waals surface area contributed by atoms with Crippen LogP contribution in [0.3, 0.4) is 0 Å². The van der Waals surface area contributed by atoms with E-state index in [1.54, 1.807) is 16.2 Å². The summed E-state index contributed by atoms with van der Waals surface area (Å²) in [6.07, 6.45) is 9.73. The second-order valence-corrected chi connectivity index (χ2v) is 7.97. The number of ether oxygens (including phenoxy) is 2. The number of benzene rings is 2. The van der Waals surface area contributed by atoms with Crippen molar-refractivity contribution in [1.82, 2.24) is 14.2 Å². The van der Waals surface area contributed by atoms with E-state index in [2.05, 4.69) is 5.10 Å². The third-order valence-corrected chi connectivity index (χ3v) is 5.73. The number of aromatic nitrogens is 3. The average Bonchev–Trinajstić information content (AvgIpc) is 3.51. The first-order valence-corrected chi connectivity index (χ1v) is 10.9. The third-order valence-electron chi connectivity index (χ3n) is 5.48. The fraction of sp³-hybridized carbons (Fsp3) is 0.115. The summed E-state index contributed by atoms with van der Waals surface area (Å²) < 4.78 is 14.4. The van der Waals surface area contributed by atoms with Crippen LogP contribution in [0.1, 0.15) is 5.69 Å². The standard InChI is InChI=1S/C26H21ClN3O3/c1-32-21-10-12-22(13-11-21)33-15-14-29-25(19-6-8-20(27)9-7-19)17-30-24(26(29)31)16-23(28-30)18-4-2-3-5-18/h2-13,16-17H,14-15H2,1H3. The van der Waals surface area contributed by atoms with Crippen molar-refractivity contribution in [3.8, 4) is 22.8 Å². The summed E-state index contributed by atoms with van der Waals surface area (Å²) in [6, 6.07) is 16.6. The minimum atomic E-state index is -0.133. The van der Waals surface area contributed by atoms with Crippen molar-refractivity contribution in [3.05, 3.63) is 113 Å². The van der Waals surface area contributed by atoms with Gasteiger partial charge in [-0.1, -0.05) is 23.7 Å². The van der Waals surface area contributed by atoms with Gasteiger partial charge in [0.15, 0.2) is 0 Å². The minimum Gasteiger partial charge on any atom is -0.497 e. The number of hydrogen-bond acceptors (Lipinski definition) is 4. The lowest BCUT2D eigenvalue weighted by atomic mass is 10.0. The molecular formula is C26H21ClN3O3. The molecule has 1 aliphatic carbocycles. The monoisotopic (exact) mass is 458 g/mol. The second kappa shape index (κ2) is 9.32. The van der Waals surface area contributed by atoms with Gasteiger partial charge in [0.05, 0.1) is 31.2 Å². The van der Waals surface area contributed by atoms with Crippen molar-refractivity contribution >= 4 is 17.1 Å². The highest BCUT2D eigenvalue weighted by atomic mass is 35.5. The SMILES string of the molecule is COc1ccc(OCCn2c(-c3ccc(Cl)cc3)cn3nc([C]4[CH][CH][CH][CH]4)cc3c2=O)cc1. The van der Waals surface area contributed by atoms with Crippen LogP contribution in [-0.4, -0.2) is 27.9 Å². The first-order valence-electron chi connectivity index (χ1n) is 10.5. The molecule has 0 aliphatic heterocycles. The lowest BCUT2D eigenvalue weighted by molar-refractivity contribution is 0.296. The maximum atomic E-state index is 13.5. The Hall–Kier alpha value is -3.25. The average molecular weight is 459 g/mol. The van der Waals surface area contributed by atoms with Crippen LogP contribution >= 0.6 is 11.6 Å². The van der Waals surface area contributed by atoms with Gasteiger partial charge in [-0.3, -0.25) is 4.79 Å². The third kappa shape index (κ3) is 4.48. The van der Waals surface area contributed by atoms with Gasteiger partial charge in [0.1, 0.15) is 23.6 Å². The lowest BCUT2D eigenvalue weighted by Gasteiger charge is -2.15. The van der Waals surface area contributed by atoms with E-state index >= 15 is 0 Å². The summed E-state index contributed by atoms with van der Waals surface area (Å²) in [5.74, 6) is 2.44. The van der Waals surface area contributed by atoms with E-state index in [9.17, 15) is 4.79 Å². The molecule has 0 unspecified atom stereocenters. The number of methoxy groups -OCH3 is 1. The molecule has 1 aliphatic rings. The van der Waals surface area contributed by atoms with Crippen LogP contribution in [-0.2, 0) is 6.54 Å². The molecule has 33 heavy (non-hydrogen) atoms. The smallest absolute Gasteiger partial charge is 0.277 e. The van der Waals surface area contributed by atoms with Crippen LogP contribution in [0.5, 0.6) is 11.5 Å². The maximum absolute atomic E-state index is 13.5. The van der Waals surface area contributed by atoms with Gasteiger partial charge in [0.25, 0.3) is 5.56 Å². The van der Waals surface area contributed by atoms with Crippen LogP contribution < -0.4 is 15.0 Å². The van der Waals surface area contributed by atoms with Crippen molar-refractivity contribution in [2.45, 2.75) is 6.54 Å². The molecule has 1 fully saturated rings. The Kier molecular flexibility index (Phi) is 6.09. The fourth-order valence-corrected chi connectivity index (χ4v) is 3.90. The van der Waals surface area contributed by atoms with Crippen LogP contribution in [0.4, 0.5) is 0 Å². The minimum absolute atomic E-state index is 0.133. The van der Waals surface area contributed by atoms with Crippen molar-refractivity contribution < 1.29 is 9.47 Å². The molecule has 1 saturated carbocycles. The summed E-state index contributed by atoms with van der Waals surface area (Å²) in [7, 11) is 1.62. The molecule has 0 bridgehead atoms. The first-order chi connectivity index (χ1) is 16.1. The highest BCUT2D eigenvalue weighted by molar-refractivity contribution is 6.30. The molecule has 5 rings (SSSR count). The topological polar surface area (TPSA) is 57.8 Å². The van der Waals surface area contributed by atoms with E-state index < -0.39 is 0 Å². The molecule has 0 atom stereocenters. The number of rotatable bonds is 7. The van der Waals surface area contributed by atoms with Crippen molar-refractivity contribution in [3.63, 3.8) is 0 Å². The zero-order valence-corrected chi connectivity index (χ0v) is 18.7. The number of nitrogens with zero attached hydrogens (tertiary/aromatic N) is 3. The second-order valence-electron chi connectivity index (χ2n) is 7.53. The van der Waals surface area contributed by atoms with Gasteiger partial charge < -0.3 is 14.0 Å². The van der Waals surface area contributed by atoms with E-state index in [0.717, 1.165) is 28.6 Å². The summed E-state index contributed by atoms with van der Waals surface area (Å²) in [5.41, 5.74) is 2.73. The first kappa shape index (κ1) is 21.6. The number of hydrogen-bond donors (Lipinski definition) is 0. The van der Waals surface area contributed by atoms with Gasteiger partial charge in [-0.15, -0.1) is 0 Å². The number of halogens is 1. The lowest BCUT2D eigenvalue weighted by Crippen LogP contribution is -2.26. The van der Waals surface area contributed by atoms with Gasteiger partial charge in [-0.2, -0.15) is 5.10 Å². The molecular weight excluding hydrogens is 438 g/mol. The normalized spacial score (nSPS) is 14.1. The molecule has 2 heterocycles. The van der Waals surface area contributed by atoms with Crippen LogP contribution in [0.2, 0.25) is 5.02 Å². The van der Waals surface area contributed by atoms with Crippen molar-refractivity contribution in [2.24, 2.45) is 0 Å². The van der Waals surface area contributed by atoms with E-state index in [1.165, 1.54) is 0 Å². The molecule has 0 N–H and O–H groups in total. The maximum Gasteiger partial charge on any atom is 0.277 e. The Morgan fingerprint density at radius 2 is 1.67 bits per heavy atom. The zero-order valence-electron chi connectivity index (χ0n) is 17.9. The Balaban J connectivity index is 1.49. The summed E-state index contributed by atoms with van der Waals surface area (Å²) in [6.45, 7) is 0.697. The molecule has 2 aromatic heterocycles. The van der Waals surface area contributed by atoms with Crippen LogP contribution in [0.15, 0.2) is 65.6 Å². The highest BCUT2D eigenvalue weighted by Gasteiger charge is 2.23. The Morgan fingerprint density at radius 3 is 2.36 bits per heavy atom. The van der Waals surface area contributed by atoms with Crippen molar-refractivity contribution in [1.29, 1.82) is 0 Å². The fourth-order valence-electron chi connectivity index (χ4n) is 3.77. The largest absolute Gasteiger partial charge is 0.497 e. The summed E-state index contributed by atoms with van der Waals surface area (Å²) in [5, 5.41) is 5.27. The van der Waals surface area contributed by atoms with Gasteiger partial charge in [-0.05, 0) is 73.7 Å². The van der Waals surface area contributed by atoms with Gasteiger partial charge in [0.2, 0.25) is 0 Å². The highest BCUT2D eigenvalue weighted by Crippen LogP contribution is 2.30. The Morgan fingerprint density at radius 1 is 0.970 bits per heavy atom. The van der Waals surface area contributed by atoms with Crippen molar-refractivity contribution in [2.75, 3.05) is 13.7 Å². The van der Waals surface area contributed by atoms with Gasteiger partial charge >= 0.3 is 0 Å². The van der Waals surface area contributed by atoms with Gasteiger partial charge in [0, 0.05) is 10.9 Å².